The van der Waals surface area contributed by atoms with Crippen molar-refractivity contribution in [3.8, 4) is 0 Å². The van der Waals surface area contributed by atoms with Gasteiger partial charge in [0.1, 0.15) is 11.6 Å². The fourth-order valence-electron chi connectivity index (χ4n) is 2.20. The second-order valence-electron chi connectivity index (χ2n) is 4.48. The average Bonchev–Trinajstić information content (AvgIpc) is 3.06. The van der Waals surface area contributed by atoms with Crippen molar-refractivity contribution in [1.29, 1.82) is 0 Å². The van der Waals surface area contributed by atoms with E-state index in [1.54, 1.807) is 0 Å². The van der Waals surface area contributed by atoms with Crippen LogP contribution in [0.4, 0.5) is 8.78 Å². The molecule has 1 aliphatic carbocycles. The molecule has 0 radical (unpaired) electrons. The molecule has 0 aromatic heterocycles. The van der Waals surface area contributed by atoms with Crippen LogP contribution in [-0.2, 0) is 0 Å². The molecule has 1 fully saturated rings. The largest absolute Gasteiger partial charge is 0.271 e. The van der Waals surface area contributed by atoms with Crippen molar-refractivity contribution in [2.45, 2.75) is 25.8 Å². The summed E-state index contributed by atoms with van der Waals surface area (Å²) in [5, 5.41) is 0. The Morgan fingerprint density at radius 2 is 1.88 bits per heavy atom. The molecule has 1 saturated carbocycles. The number of halogens is 2. The molecule has 2 nitrogen and oxygen atoms in total. The van der Waals surface area contributed by atoms with Crippen LogP contribution in [0.1, 0.15) is 31.4 Å². The van der Waals surface area contributed by atoms with Gasteiger partial charge < -0.3 is 0 Å². The Morgan fingerprint density at radius 1 is 1.31 bits per heavy atom. The molecule has 1 aromatic rings. The molecular weight excluding hydrogens is 210 g/mol. The maximum absolute atomic E-state index is 13.6. The van der Waals surface area contributed by atoms with Crippen molar-refractivity contribution in [2.75, 3.05) is 0 Å². The maximum atomic E-state index is 13.6. The van der Waals surface area contributed by atoms with E-state index in [0.29, 0.717) is 5.92 Å². The first-order chi connectivity index (χ1) is 7.65. The highest BCUT2D eigenvalue weighted by molar-refractivity contribution is 5.24. The fraction of sp³-hybridized carbons (Fsp3) is 0.500. The van der Waals surface area contributed by atoms with Gasteiger partial charge >= 0.3 is 0 Å². The lowest BCUT2D eigenvalue weighted by Gasteiger charge is -2.24. The van der Waals surface area contributed by atoms with E-state index >= 15 is 0 Å². The number of hydrazine groups is 1. The van der Waals surface area contributed by atoms with E-state index in [2.05, 4.69) is 5.43 Å². The van der Waals surface area contributed by atoms with E-state index < -0.39 is 17.7 Å². The smallest absolute Gasteiger partial charge is 0.130 e. The first-order valence-corrected chi connectivity index (χ1v) is 5.55. The summed E-state index contributed by atoms with van der Waals surface area (Å²) < 4.78 is 27.2. The summed E-state index contributed by atoms with van der Waals surface area (Å²) in [7, 11) is 0. The standard InChI is InChI=1S/C12H16F2N2/c1-7(8-5-6-8)12(16-15)11-9(13)3-2-4-10(11)14/h2-4,7-8,12,16H,5-6,15H2,1H3. The summed E-state index contributed by atoms with van der Waals surface area (Å²) in [6, 6.07) is 3.45. The molecule has 2 unspecified atom stereocenters. The molecule has 3 N–H and O–H groups in total. The summed E-state index contributed by atoms with van der Waals surface area (Å²) in [4.78, 5) is 0. The molecule has 1 aromatic carbocycles. The second kappa shape index (κ2) is 4.47. The normalized spacial score (nSPS) is 19.5. The summed E-state index contributed by atoms with van der Waals surface area (Å²) in [6.45, 7) is 1.98. The lowest BCUT2D eigenvalue weighted by atomic mass is 9.90. The van der Waals surface area contributed by atoms with Crippen LogP contribution in [0.15, 0.2) is 18.2 Å². The van der Waals surface area contributed by atoms with Gasteiger partial charge in [0, 0.05) is 5.56 Å². The molecule has 2 atom stereocenters. The Balaban J connectivity index is 2.31. The van der Waals surface area contributed by atoms with Gasteiger partial charge in [-0.3, -0.25) is 11.3 Å². The summed E-state index contributed by atoms with van der Waals surface area (Å²) in [5.74, 6) is 5.04. The average molecular weight is 226 g/mol. The molecule has 2 rings (SSSR count). The monoisotopic (exact) mass is 226 g/mol. The van der Waals surface area contributed by atoms with Crippen LogP contribution in [0.3, 0.4) is 0 Å². The van der Waals surface area contributed by atoms with Crippen molar-refractivity contribution in [3.63, 3.8) is 0 Å². The van der Waals surface area contributed by atoms with E-state index in [4.69, 9.17) is 5.84 Å². The van der Waals surface area contributed by atoms with Crippen molar-refractivity contribution < 1.29 is 8.78 Å². The Labute approximate surface area is 93.8 Å². The molecule has 16 heavy (non-hydrogen) atoms. The zero-order valence-electron chi connectivity index (χ0n) is 9.21. The molecule has 0 heterocycles. The van der Waals surface area contributed by atoms with Crippen LogP contribution in [0.25, 0.3) is 0 Å². The molecular formula is C12H16F2N2. The highest BCUT2D eigenvalue weighted by atomic mass is 19.1. The molecule has 0 bridgehead atoms. The molecule has 0 amide bonds. The highest BCUT2D eigenvalue weighted by Crippen LogP contribution is 2.43. The number of hydrogen-bond donors (Lipinski definition) is 2. The lowest BCUT2D eigenvalue weighted by Crippen LogP contribution is -2.34. The van der Waals surface area contributed by atoms with Crippen LogP contribution in [0.2, 0.25) is 0 Å². The predicted octanol–water partition coefficient (Wildman–Crippen LogP) is 2.52. The zero-order chi connectivity index (χ0) is 11.7. The SMILES string of the molecule is CC(C1CC1)C(NN)c1c(F)cccc1F. The summed E-state index contributed by atoms with van der Waals surface area (Å²) in [6.07, 6.45) is 2.24. The third kappa shape index (κ3) is 2.08. The molecule has 88 valence electrons. The maximum Gasteiger partial charge on any atom is 0.130 e. The minimum atomic E-state index is -0.532. The minimum absolute atomic E-state index is 0.0596. The van der Waals surface area contributed by atoms with Crippen molar-refractivity contribution >= 4 is 0 Å². The van der Waals surface area contributed by atoms with Crippen molar-refractivity contribution in [3.05, 3.63) is 35.4 Å². The number of nitrogens with two attached hydrogens (primary N) is 1. The molecule has 4 heteroatoms. The first-order valence-electron chi connectivity index (χ1n) is 5.55. The van der Waals surface area contributed by atoms with Gasteiger partial charge in [0.05, 0.1) is 6.04 Å². The topological polar surface area (TPSA) is 38.0 Å². The molecule has 0 spiro atoms. The highest BCUT2D eigenvalue weighted by Gasteiger charge is 2.35. The Hall–Kier alpha value is -1.00. The zero-order valence-corrected chi connectivity index (χ0v) is 9.21. The fourth-order valence-corrected chi connectivity index (χ4v) is 2.20. The number of benzene rings is 1. The minimum Gasteiger partial charge on any atom is -0.271 e. The van der Waals surface area contributed by atoms with E-state index in [-0.39, 0.29) is 11.5 Å². The van der Waals surface area contributed by atoms with Gasteiger partial charge in [-0.15, -0.1) is 0 Å². The third-order valence-electron chi connectivity index (χ3n) is 3.38. The van der Waals surface area contributed by atoms with Crippen molar-refractivity contribution in [2.24, 2.45) is 17.7 Å². The predicted molar refractivity (Wildman–Crippen MR) is 58.3 cm³/mol. The van der Waals surface area contributed by atoms with Crippen LogP contribution in [0, 0.1) is 23.5 Å². The quantitative estimate of drug-likeness (QED) is 0.611. The molecule has 0 saturated heterocycles. The van der Waals surface area contributed by atoms with Crippen LogP contribution in [0.5, 0.6) is 0 Å². The Kier molecular flexibility index (Phi) is 3.21. The second-order valence-corrected chi connectivity index (χ2v) is 4.48. The van der Waals surface area contributed by atoms with Gasteiger partial charge in [0.2, 0.25) is 0 Å². The number of nitrogens with one attached hydrogen (secondary N) is 1. The van der Waals surface area contributed by atoms with Gasteiger partial charge in [-0.2, -0.15) is 0 Å². The van der Waals surface area contributed by atoms with E-state index in [0.717, 1.165) is 12.8 Å². The van der Waals surface area contributed by atoms with Crippen LogP contribution >= 0.6 is 0 Å². The van der Waals surface area contributed by atoms with Gasteiger partial charge in [0.15, 0.2) is 0 Å². The number of rotatable bonds is 4. The van der Waals surface area contributed by atoms with Gasteiger partial charge in [-0.1, -0.05) is 13.0 Å². The van der Waals surface area contributed by atoms with Gasteiger partial charge in [-0.25, -0.2) is 8.78 Å². The van der Waals surface area contributed by atoms with Crippen molar-refractivity contribution in [1.82, 2.24) is 5.43 Å². The molecule has 0 aliphatic heterocycles. The van der Waals surface area contributed by atoms with E-state index in [9.17, 15) is 8.78 Å². The summed E-state index contributed by atoms with van der Waals surface area (Å²) in [5.41, 5.74) is 2.60. The number of hydrogen-bond acceptors (Lipinski definition) is 2. The van der Waals surface area contributed by atoms with Crippen LogP contribution in [-0.4, -0.2) is 0 Å². The van der Waals surface area contributed by atoms with E-state index in [1.165, 1.54) is 18.2 Å². The van der Waals surface area contributed by atoms with Gasteiger partial charge in [-0.05, 0) is 36.8 Å². The summed E-state index contributed by atoms with van der Waals surface area (Å²) >= 11 is 0. The van der Waals surface area contributed by atoms with E-state index in [1.807, 2.05) is 6.92 Å². The van der Waals surface area contributed by atoms with Crippen LogP contribution < -0.4 is 11.3 Å². The Morgan fingerprint density at radius 3 is 2.31 bits per heavy atom. The Bertz CT molecular complexity index is 357. The first kappa shape index (κ1) is 11.5. The third-order valence-corrected chi connectivity index (χ3v) is 3.38. The molecule has 1 aliphatic rings. The lowest BCUT2D eigenvalue weighted by molar-refractivity contribution is 0.333. The van der Waals surface area contributed by atoms with Gasteiger partial charge in [0.25, 0.3) is 0 Å².